The van der Waals surface area contributed by atoms with Crippen LogP contribution in [0.25, 0.3) is 0 Å². The van der Waals surface area contributed by atoms with Crippen molar-refractivity contribution in [2.45, 2.75) is 12.8 Å². The zero-order chi connectivity index (χ0) is 10.3. The maximum atomic E-state index is 5.41. The Labute approximate surface area is 90.8 Å². The number of fused-ring (bicyclic) bond motifs is 2. The highest BCUT2D eigenvalue weighted by atomic mass is 16.5. The average molecular weight is 203 g/mol. The molecule has 2 nitrogen and oxygen atoms in total. The SMILES string of the molecule is COc1ccccc1N1CC2CC(C2)C1. The van der Waals surface area contributed by atoms with Gasteiger partial charge >= 0.3 is 0 Å². The number of hydrogen-bond acceptors (Lipinski definition) is 2. The molecular weight excluding hydrogens is 186 g/mol. The molecule has 0 unspecified atom stereocenters. The summed E-state index contributed by atoms with van der Waals surface area (Å²) in [7, 11) is 1.75. The third-order valence-corrected chi connectivity index (χ3v) is 3.72. The molecule has 4 rings (SSSR count). The van der Waals surface area contributed by atoms with Crippen molar-refractivity contribution in [2.24, 2.45) is 11.8 Å². The van der Waals surface area contributed by atoms with Gasteiger partial charge in [-0.25, -0.2) is 0 Å². The number of anilines is 1. The van der Waals surface area contributed by atoms with E-state index in [1.807, 2.05) is 6.07 Å². The van der Waals surface area contributed by atoms with Gasteiger partial charge in [0, 0.05) is 13.1 Å². The quantitative estimate of drug-likeness (QED) is 0.732. The number of rotatable bonds is 2. The second kappa shape index (κ2) is 3.44. The summed E-state index contributed by atoms with van der Waals surface area (Å²) in [6, 6.07) is 8.35. The van der Waals surface area contributed by atoms with E-state index in [2.05, 4.69) is 23.1 Å². The first-order valence-electron chi connectivity index (χ1n) is 5.75. The topological polar surface area (TPSA) is 12.5 Å². The van der Waals surface area contributed by atoms with E-state index in [0.717, 1.165) is 17.6 Å². The third kappa shape index (κ3) is 1.48. The van der Waals surface area contributed by atoms with Crippen molar-refractivity contribution in [3.63, 3.8) is 0 Å². The molecule has 0 spiro atoms. The lowest BCUT2D eigenvalue weighted by Crippen LogP contribution is -2.48. The summed E-state index contributed by atoms with van der Waals surface area (Å²) < 4.78 is 5.41. The lowest BCUT2D eigenvalue weighted by Gasteiger charge is -2.48. The Morgan fingerprint density at radius 3 is 2.47 bits per heavy atom. The smallest absolute Gasteiger partial charge is 0.142 e. The molecule has 3 aliphatic rings. The van der Waals surface area contributed by atoms with Gasteiger partial charge in [-0.05, 0) is 36.8 Å². The molecule has 1 aliphatic carbocycles. The average Bonchev–Trinajstić information content (AvgIpc) is 2.28. The van der Waals surface area contributed by atoms with E-state index >= 15 is 0 Å². The van der Waals surface area contributed by atoms with Crippen LogP contribution in [0, 0.1) is 11.8 Å². The second-order valence-corrected chi connectivity index (χ2v) is 4.78. The van der Waals surface area contributed by atoms with Crippen molar-refractivity contribution in [3.05, 3.63) is 24.3 Å². The van der Waals surface area contributed by atoms with Crippen LogP contribution < -0.4 is 9.64 Å². The van der Waals surface area contributed by atoms with Crippen molar-refractivity contribution in [3.8, 4) is 5.75 Å². The van der Waals surface area contributed by atoms with Crippen LogP contribution in [-0.4, -0.2) is 20.2 Å². The first-order chi connectivity index (χ1) is 7.36. The van der Waals surface area contributed by atoms with Gasteiger partial charge in [-0.3, -0.25) is 0 Å². The van der Waals surface area contributed by atoms with Crippen LogP contribution in [0.5, 0.6) is 5.75 Å². The van der Waals surface area contributed by atoms with Gasteiger partial charge in [-0.2, -0.15) is 0 Å². The van der Waals surface area contributed by atoms with Gasteiger partial charge in [0.15, 0.2) is 0 Å². The van der Waals surface area contributed by atoms with E-state index in [-0.39, 0.29) is 0 Å². The Hall–Kier alpha value is -1.18. The molecule has 0 N–H and O–H groups in total. The van der Waals surface area contributed by atoms with Crippen molar-refractivity contribution in [1.82, 2.24) is 0 Å². The Morgan fingerprint density at radius 1 is 1.13 bits per heavy atom. The second-order valence-electron chi connectivity index (χ2n) is 4.78. The maximum Gasteiger partial charge on any atom is 0.142 e. The summed E-state index contributed by atoms with van der Waals surface area (Å²) in [5, 5.41) is 0. The molecule has 3 fully saturated rings. The fourth-order valence-electron chi connectivity index (χ4n) is 2.96. The van der Waals surface area contributed by atoms with Crippen LogP contribution in [0.4, 0.5) is 5.69 Å². The monoisotopic (exact) mass is 203 g/mol. The fourth-order valence-corrected chi connectivity index (χ4v) is 2.96. The molecule has 2 heteroatoms. The molecule has 0 aromatic heterocycles. The summed E-state index contributed by atoms with van der Waals surface area (Å²) in [4.78, 5) is 2.49. The van der Waals surface area contributed by atoms with Gasteiger partial charge in [0.2, 0.25) is 0 Å². The maximum absolute atomic E-state index is 5.41. The van der Waals surface area contributed by atoms with E-state index in [0.29, 0.717) is 0 Å². The summed E-state index contributed by atoms with van der Waals surface area (Å²) in [5.41, 5.74) is 1.27. The first-order valence-corrected chi connectivity index (χ1v) is 5.75. The molecule has 2 saturated heterocycles. The number of benzene rings is 1. The highest BCUT2D eigenvalue weighted by Gasteiger charge is 2.37. The molecule has 2 bridgehead atoms. The van der Waals surface area contributed by atoms with E-state index in [1.54, 1.807) is 7.11 Å². The molecular formula is C13H17NO. The van der Waals surface area contributed by atoms with Gasteiger partial charge in [-0.1, -0.05) is 12.1 Å². The van der Waals surface area contributed by atoms with E-state index in [9.17, 15) is 0 Å². The number of nitrogens with zero attached hydrogens (tertiary/aromatic N) is 1. The molecule has 2 aliphatic heterocycles. The lowest BCUT2D eigenvalue weighted by molar-refractivity contribution is 0.158. The highest BCUT2D eigenvalue weighted by Crippen LogP contribution is 2.42. The van der Waals surface area contributed by atoms with Crippen molar-refractivity contribution in [1.29, 1.82) is 0 Å². The van der Waals surface area contributed by atoms with Gasteiger partial charge < -0.3 is 9.64 Å². The summed E-state index contributed by atoms with van der Waals surface area (Å²) in [6.07, 6.45) is 2.90. The minimum atomic E-state index is 0.939. The minimum absolute atomic E-state index is 0.939. The van der Waals surface area contributed by atoms with Crippen molar-refractivity contribution >= 4 is 5.69 Å². The molecule has 80 valence electrons. The number of methoxy groups -OCH3 is 1. The standard InChI is InChI=1S/C13H17NO/c1-15-13-5-3-2-4-12(13)14-8-10-6-11(7-10)9-14/h2-5,10-11H,6-9H2,1H3. The van der Waals surface area contributed by atoms with E-state index in [1.165, 1.54) is 31.6 Å². The summed E-state index contributed by atoms with van der Waals surface area (Å²) in [5.74, 6) is 2.89. The molecule has 2 heterocycles. The van der Waals surface area contributed by atoms with E-state index in [4.69, 9.17) is 4.74 Å². The Bertz CT molecular complexity index is 347. The third-order valence-electron chi connectivity index (χ3n) is 3.72. The van der Waals surface area contributed by atoms with Crippen molar-refractivity contribution in [2.75, 3.05) is 25.1 Å². The predicted octanol–water partition coefficient (Wildman–Crippen LogP) is 2.54. The summed E-state index contributed by atoms with van der Waals surface area (Å²) >= 11 is 0. The normalized spacial score (nSPS) is 28.5. The van der Waals surface area contributed by atoms with Gasteiger partial charge in [0.1, 0.15) is 5.75 Å². The number of hydrogen-bond donors (Lipinski definition) is 0. The molecule has 1 saturated carbocycles. The molecule has 0 atom stereocenters. The highest BCUT2D eigenvalue weighted by molar-refractivity contribution is 5.59. The van der Waals surface area contributed by atoms with Crippen LogP contribution in [0.1, 0.15) is 12.8 Å². The van der Waals surface area contributed by atoms with Crippen LogP contribution in [0.2, 0.25) is 0 Å². The number of para-hydroxylation sites is 2. The minimum Gasteiger partial charge on any atom is -0.495 e. The van der Waals surface area contributed by atoms with Crippen LogP contribution in [0.15, 0.2) is 24.3 Å². The molecule has 1 aromatic rings. The van der Waals surface area contributed by atoms with E-state index < -0.39 is 0 Å². The largest absolute Gasteiger partial charge is 0.495 e. The molecule has 0 amide bonds. The zero-order valence-corrected chi connectivity index (χ0v) is 9.15. The lowest BCUT2D eigenvalue weighted by atomic mass is 9.71. The molecule has 15 heavy (non-hydrogen) atoms. The van der Waals surface area contributed by atoms with Crippen molar-refractivity contribution < 1.29 is 4.74 Å². The van der Waals surface area contributed by atoms with Crippen LogP contribution >= 0.6 is 0 Å². The number of ether oxygens (including phenoxy) is 1. The fraction of sp³-hybridized carbons (Fsp3) is 0.538. The van der Waals surface area contributed by atoms with Crippen LogP contribution in [-0.2, 0) is 0 Å². The predicted molar refractivity (Wildman–Crippen MR) is 61.4 cm³/mol. The Balaban J connectivity index is 1.85. The molecule has 0 radical (unpaired) electrons. The summed E-state index contributed by atoms with van der Waals surface area (Å²) in [6.45, 7) is 2.44. The van der Waals surface area contributed by atoms with Gasteiger partial charge in [0.25, 0.3) is 0 Å². The number of piperidine rings is 2. The van der Waals surface area contributed by atoms with Gasteiger partial charge in [0.05, 0.1) is 12.8 Å². The Kier molecular flexibility index (Phi) is 2.08. The zero-order valence-electron chi connectivity index (χ0n) is 9.15. The van der Waals surface area contributed by atoms with Gasteiger partial charge in [-0.15, -0.1) is 0 Å². The first kappa shape index (κ1) is 9.08. The Morgan fingerprint density at radius 2 is 1.80 bits per heavy atom. The molecule has 1 aromatic carbocycles. The van der Waals surface area contributed by atoms with Crippen LogP contribution in [0.3, 0.4) is 0 Å².